The molecule has 22 heavy (non-hydrogen) atoms. The van der Waals surface area contributed by atoms with Crippen molar-refractivity contribution in [3.8, 4) is 0 Å². The molecule has 0 bridgehead atoms. The monoisotopic (exact) mass is 321 g/mol. The normalized spacial score (nSPS) is 22.8. The number of rotatable bonds is 3. The minimum absolute atomic E-state index is 0.588. The Morgan fingerprint density at radius 2 is 1.00 bits per heavy atom. The second-order valence-electron chi connectivity index (χ2n) is 4.90. The van der Waals surface area contributed by atoms with Gasteiger partial charge >= 0.3 is 0 Å². The molecule has 0 N–H and O–H groups in total. The van der Waals surface area contributed by atoms with E-state index in [0.717, 1.165) is 19.6 Å². The van der Waals surface area contributed by atoms with Crippen LogP contribution in [0.25, 0.3) is 0 Å². The van der Waals surface area contributed by atoms with Gasteiger partial charge in [-0.15, -0.1) is 0 Å². The van der Waals surface area contributed by atoms with Crippen molar-refractivity contribution in [3.63, 3.8) is 0 Å². The molecule has 0 unspecified atom stereocenters. The van der Waals surface area contributed by atoms with Gasteiger partial charge in [-0.25, -0.2) is 0 Å². The van der Waals surface area contributed by atoms with Crippen molar-refractivity contribution >= 4 is 0 Å². The largest absolute Gasteiger partial charge is 0.383 e. The van der Waals surface area contributed by atoms with E-state index in [9.17, 15) is 0 Å². The maximum atomic E-state index is 5.58. The Kier molecular flexibility index (Phi) is 14.0. The maximum absolute atomic E-state index is 5.58. The van der Waals surface area contributed by atoms with E-state index < -0.39 is 0 Å². The number of methoxy groups -OCH3 is 1. The lowest BCUT2D eigenvalue weighted by Gasteiger charge is -2.22. The van der Waals surface area contributed by atoms with Crippen LogP contribution in [0.3, 0.4) is 0 Å². The molecule has 1 heterocycles. The highest BCUT2D eigenvalue weighted by atomic mass is 16.6. The van der Waals surface area contributed by atoms with Crippen molar-refractivity contribution in [2.75, 3.05) is 99.4 Å². The van der Waals surface area contributed by atoms with E-state index in [-0.39, 0.29) is 0 Å². The predicted molar refractivity (Wildman–Crippen MR) is 82.4 cm³/mol. The molecule has 0 amide bonds. The molecule has 1 aliphatic heterocycles. The summed E-state index contributed by atoms with van der Waals surface area (Å²) in [7, 11) is 1.72. The van der Waals surface area contributed by atoms with Crippen LogP contribution < -0.4 is 0 Å². The summed E-state index contributed by atoms with van der Waals surface area (Å²) in [4.78, 5) is 2.28. The zero-order valence-corrected chi connectivity index (χ0v) is 13.8. The molecule has 1 fully saturated rings. The summed E-state index contributed by atoms with van der Waals surface area (Å²) in [5.41, 5.74) is 0. The molecule has 1 saturated heterocycles. The maximum Gasteiger partial charge on any atom is 0.0701 e. The number of ether oxygens (including phenoxy) is 6. The minimum atomic E-state index is 0.588. The number of hydrogen-bond donors (Lipinski definition) is 0. The fourth-order valence-electron chi connectivity index (χ4n) is 1.92. The van der Waals surface area contributed by atoms with Crippen LogP contribution in [0.4, 0.5) is 0 Å². The van der Waals surface area contributed by atoms with Crippen molar-refractivity contribution in [3.05, 3.63) is 0 Å². The molecule has 0 aromatic heterocycles. The molecule has 132 valence electrons. The van der Waals surface area contributed by atoms with Crippen LogP contribution in [0, 0.1) is 0 Å². The lowest BCUT2D eigenvalue weighted by Crippen LogP contribution is -2.34. The Morgan fingerprint density at radius 3 is 1.36 bits per heavy atom. The predicted octanol–water partition coefficient (Wildman–Crippen LogP) is 0.0314. The standard InChI is InChI=1S/C15H31NO6/c1-17-5-2-16-3-6-18-8-10-20-12-14-22-15-13-21-11-9-19-7-4-16/h2-15H2,1H3. The highest BCUT2D eigenvalue weighted by Gasteiger charge is 2.05. The molecule has 0 spiro atoms. The van der Waals surface area contributed by atoms with Gasteiger partial charge in [-0.05, 0) is 0 Å². The summed E-state index contributed by atoms with van der Waals surface area (Å²) in [6.45, 7) is 9.48. The first kappa shape index (κ1) is 19.8. The van der Waals surface area contributed by atoms with Gasteiger partial charge in [-0.3, -0.25) is 4.90 Å². The van der Waals surface area contributed by atoms with E-state index >= 15 is 0 Å². The van der Waals surface area contributed by atoms with Crippen molar-refractivity contribution in [2.24, 2.45) is 0 Å². The Hall–Kier alpha value is -0.280. The summed E-state index contributed by atoms with van der Waals surface area (Å²) in [6.07, 6.45) is 0. The van der Waals surface area contributed by atoms with Crippen LogP contribution in [0.2, 0.25) is 0 Å². The van der Waals surface area contributed by atoms with Crippen molar-refractivity contribution in [1.29, 1.82) is 0 Å². The van der Waals surface area contributed by atoms with Gasteiger partial charge in [-0.1, -0.05) is 0 Å². The average Bonchev–Trinajstić information content (AvgIpc) is 2.53. The van der Waals surface area contributed by atoms with E-state index in [2.05, 4.69) is 4.90 Å². The highest BCUT2D eigenvalue weighted by Crippen LogP contribution is 1.92. The summed E-state index contributed by atoms with van der Waals surface area (Å²) >= 11 is 0. The zero-order chi connectivity index (χ0) is 15.7. The molecule has 0 atom stereocenters. The smallest absolute Gasteiger partial charge is 0.0701 e. The molecule has 0 aromatic rings. The molecule has 0 aromatic carbocycles. The number of hydrogen-bond acceptors (Lipinski definition) is 7. The molecule has 7 heteroatoms. The van der Waals surface area contributed by atoms with E-state index in [0.29, 0.717) is 72.7 Å². The Bertz CT molecular complexity index is 214. The van der Waals surface area contributed by atoms with E-state index in [1.807, 2.05) is 0 Å². The van der Waals surface area contributed by atoms with Gasteiger partial charge in [0.1, 0.15) is 0 Å². The third-order valence-corrected chi connectivity index (χ3v) is 3.20. The molecule has 1 rings (SSSR count). The highest BCUT2D eigenvalue weighted by molar-refractivity contribution is 4.57. The van der Waals surface area contributed by atoms with Gasteiger partial charge in [0.15, 0.2) is 0 Å². The summed E-state index contributed by atoms with van der Waals surface area (Å²) in [5.74, 6) is 0. The van der Waals surface area contributed by atoms with Crippen LogP contribution in [0.1, 0.15) is 0 Å². The average molecular weight is 321 g/mol. The van der Waals surface area contributed by atoms with Crippen LogP contribution >= 0.6 is 0 Å². The van der Waals surface area contributed by atoms with Crippen molar-refractivity contribution in [2.45, 2.75) is 0 Å². The van der Waals surface area contributed by atoms with Crippen LogP contribution in [0.5, 0.6) is 0 Å². The SMILES string of the molecule is COCCN1CCOCCOCCOCCOCCOCC1. The lowest BCUT2D eigenvalue weighted by atomic mass is 10.4. The molecule has 7 nitrogen and oxygen atoms in total. The molecule has 0 saturated carbocycles. The Balaban J connectivity index is 2.20. The lowest BCUT2D eigenvalue weighted by molar-refractivity contribution is -0.0195. The first-order valence-corrected chi connectivity index (χ1v) is 8.03. The van der Waals surface area contributed by atoms with Gasteiger partial charge in [0.25, 0.3) is 0 Å². The van der Waals surface area contributed by atoms with Crippen LogP contribution in [-0.4, -0.2) is 104 Å². The second kappa shape index (κ2) is 15.6. The Labute approximate surface area is 133 Å². The fourth-order valence-corrected chi connectivity index (χ4v) is 1.92. The minimum Gasteiger partial charge on any atom is -0.383 e. The third kappa shape index (κ3) is 12.3. The van der Waals surface area contributed by atoms with Crippen molar-refractivity contribution < 1.29 is 28.4 Å². The van der Waals surface area contributed by atoms with Crippen molar-refractivity contribution in [1.82, 2.24) is 4.90 Å². The zero-order valence-electron chi connectivity index (χ0n) is 13.8. The Morgan fingerprint density at radius 1 is 0.636 bits per heavy atom. The molecular weight excluding hydrogens is 290 g/mol. The third-order valence-electron chi connectivity index (χ3n) is 3.20. The van der Waals surface area contributed by atoms with E-state index in [1.165, 1.54) is 0 Å². The molecule has 1 aliphatic rings. The molecular formula is C15H31NO6. The van der Waals surface area contributed by atoms with E-state index in [1.54, 1.807) is 7.11 Å². The first-order valence-electron chi connectivity index (χ1n) is 8.03. The first-order chi connectivity index (χ1) is 10.9. The van der Waals surface area contributed by atoms with E-state index in [4.69, 9.17) is 28.4 Å². The second-order valence-corrected chi connectivity index (χ2v) is 4.90. The quantitative estimate of drug-likeness (QED) is 0.727. The van der Waals surface area contributed by atoms with Gasteiger partial charge in [0.2, 0.25) is 0 Å². The summed E-state index contributed by atoms with van der Waals surface area (Å²) < 4.78 is 32.5. The topological polar surface area (TPSA) is 58.6 Å². The van der Waals surface area contributed by atoms with Crippen LogP contribution in [-0.2, 0) is 28.4 Å². The molecule has 0 aliphatic carbocycles. The van der Waals surface area contributed by atoms with Gasteiger partial charge in [-0.2, -0.15) is 0 Å². The van der Waals surface area contributed by atoms with Gasteiger partial charge < -0.3 is 28.4 Å². The summed E-state index contributed by atoms with van der Waals surface area (Å²) in [5, 5.41) is 0. The number of nitrogens with zero attached hydrogens (tertiary/aromatic N) is 1. The summed E-state index contributed by atoms with van der Waals surface area (Å²) in [6, 6.07) is 0. The molecule has 0 radical (unpaired) electrons. The van der Waals surface area contributed by atoms with Crippen LogP contribution in [0.15, 0.2) is 0 Å². The van der Waals surface area contributed by atoms with Gasteiger partial charge in [0.05, 0.1) is 72.7 Å². The van der Waals surface area contributed by atoms with Gasteiger partial charge in [0, 0.05) is 26.7 Å². The fraction of sp³-hybridized carbons (Fsp3) is 1.00.